The fourth-order valence-electron chi connectivity index (χ4n) is 0.895. The maximum atomic E-state index is 10.1. The van der Waals surface area contributed by atoms with Crippen LogP contribution in [-0.4, -0.2) is 52.6 Å². The largest absolute Gasteiger partial charge is 3.00 e. The van der Waals surface area contributed by atoms with E-state index < -0.39 is 71.9 Å². The molecule has 0 saturated heterocycles. The Labute approximate surface area is 199 Å². The molecule has 154 valence electrons. The summed E-state index contributed by atoms with van der Waals surface area (Å²) in [5.41, 5.74) is 0. The van der Waals surface area contributed by atoms with E-state index in [1.165, 1.54) is 0 Å². The van der Waals surface area contributed by atoms with Crippen LogP contribution in [0.3, 0.4) is 0 Å². The van der Waals surface area contributed by atoms with Gasteiger partial charge in [-0.15, -0.1) is 0 Å². The third-order valence-electron chi connectivity index (χ3n) is 1.91. The Balaban J connectivity index is -0.000000152. The molecule has 0 radical (unpaired) electrons. The molecule has 12 nitrogen and oxygen atoms in total. The van der Waals surface area contributed by atoms with Crippen molar-refractivity contribution in [2.24, 2.45) is 0 Å². The third kappa shape index (κ3) is 26.2. The second kappa shape index (κ2) is 18.4. The van der Waals surface area contributed by atoms with Gasteiger partial charge in [0.1, 0.15) is 35.3 Å². The summed E-state index contributed by atoms with van der Waals surface area (Å²) in [5, 5.41) is 28.9. The summed E-state index contributed by atoms with van der Waals surface area (Å²) in [6.45, 7) is 3.42. The fourth-order valence-corrected chi connectivity index (χ4v) is 0.895. The molecule has 0 spiro atoms. The van der Waals surface area contributed by atoms with Gasteiger partial charge in [-0.1, -0.05) is 0 Å². The smallest absolute Gasteiger partial charge is 0.542 e. The van der Waals surface area contributed by atoms with E-state index in [9.17, 15) is 58.5 Å². The van der Waals surface area contributed by atoms with Crippen LogP contribution >= 0.6 is 0 Å². The molecule has 28 heavy (non-hydrogen) atoms. The summed E-state index contributed by atoms with van der Waals surface area (Å²) in [7, 11) is 0. The van der Waals surface area contributed by atoms with Crippen molar-refractivity contribution in [2.75, 3.05) is 0 Å². The Morgan fingerprint density at radius 3 is 0.643 bits per heavy atom. The van der Waals surface area contributed by atoms with Crippen LogP contribution in [-0.2, 0) is 43.2 Å². The summed E-state index contributed by atoms with van der Waals surface area (Å²) < 4.78 is 0. The van der Waals surface area contributed by atoms with Gasteiger partial charge in [-0.25, -0.2) is 0 Å². The van der Waals surface area contributed by atoms with E-state index >= 15 is 0 Å². The predicted octanol–water partition coefficient (Wildman–Crippen LogP) is -5.15. The zero-order valence-corrected chi connectivity index (χ0v) is 17.3. The minimum atomic E-state index is -1.80. The van der Waals surface area contributed by atoms with Gasteiger partial charge in [0.05, 0.1) is 19.3 Å². The molecule has 0 aromatic heterocycles. The van der Waals surface area contributed by atoms with Crippen LogP contribution in [0.5, 0.6) is 0 Å². The van der Waals surface area contributed by atoms with Gasteiger partial charge in [0.15, 0.2) is 17.3 Å². The zero-order chi connectivity index (χ0) is 22.3. The summed E-state index contributed by atoms with van der Waals surface area (Å²) in [6.07, 6.45) is -1.70. The quantitative estimate of drug-likeness (QED) is 0.198. The third-order valence-corrected chi connectivity index (χ3v) is 1.91. The van der Waals surface area contributed by atoms with Crippen molar-refractivity contribution in [1.29, 1.82) is 0 Å². The van der Waals surface area contributed by atoms with Gasteiger partial charge in [0, 0.05) is 0 Å². The molecule has 0 aromatic carbocycles. The summed E-state index contributed by atoms with van der Waals surface area (Å²) in [5.74, 6) is -10.3. The van der Waals surface area contributed by atoms with E-state index in [4.69, 9.17) is 0 Å². The van der Waals surface area contributed by atoms with Crippen LogP contribution in [0.4, 0.5) is 0 Å². The first-order chi connectivity index (χ1) is 12.1. The first kappa shape index (κ1) is 33.6. The minimum Gasteiger partial charge on any atom is -0.542 e. The van der Waals surface area contributed by atoms with Crippen molar-refractivity contribution < 1.29 is 108 Å². The van der Waals surface area contributed by atoms with Crippen LogP contribution in [0.15, 0.2) is 0 Å². The minimum absolute atomic E-state index is 0. The summed E-state index contributed by atoms with van der Waals surface area (Å²) >= 11 is 0. The van der Waals surface area contributed by atoms with Crippen LogP contribution in [0, 0.1) is 49.4 Å². The van der Waals surface area contributed by atoms with E-state index in [1.54, 1.807) is 0 Å². The van der Waals surface area contributed by atoms with Crippen LogP contribution in [0.2, 0.25) is 0 Å². The van der Waals surface area contributed by atoms with Crippen molar-refractivity contribution in [1.82, 2.24) is 0 Å². The molecular formula is C15H15EuO12. The normalized spacial score (nSPS) is 8.25. The number of Topliss-reactive ketones (excluding diaryl/α,β-unsaturated/α-hetero) is 6. The molecule has 0 amide bonds. The number of rotatable bonds is 9. The molecule has 0 saturated carbocycles. The number of carbonyl (C=O) groups excluding carboxylic acids is 9. The van der Waals surface area contributed by atoms with Crippen molar-refractivity contribution in [3.05, 3.63) is 0 Å². The number of ketones is 6. The molecule has 0 N–H and O–H groups in total. The van der Waals surface area contributed by atoms with E-state index in [2.05, 4.69) is 0 Å². The predicted molar refractivity (Wildman–Crippen MR) is 75.9 cm³/mol. The molecule has 0 heterocycles. The molecular weight excluding hydrogens is 524 g/mol. The maximum absolute atomic E-state index is 10.1. The second-order valence-electron chi connectivity index (χ2n) is 4.77. The molecule has 0 aliphatic heterocycles. The van der Waals surface area contributed by atoms with Crippen molar-refractivity contribution >= 4 is 52.6 Å². The first-order valence-electron chi connectivity index (χ1n) is 6.82. The fraction of sp³-hybridized carbons (Fsp3) is 0.400. The molecule has 13 heteroatoms. The Kier molecular flexibility index (Phi) is 22.0. The molecule has 0 bridgehead atoms. The number of carbonyl (C=O) groups is 9. The summed E-state index contributed by atoms with van der Waals surface area (Å²) in [4.78, 5) is 89.2. The monoisotopic (exact) mass is 540 g/mol. The standard InChI is InChI=1S/3C5H6O4.Eu/c3*1-3(6)2-4(7)5(8)9;/h3*2H2,1H3,(H,8,9);/q;;;+3/p-3. The number of hydrogen-bond acceptors (Lipinski definition) is 12. The van der Waals surface area contributed by atoms with Crippen LogP contribution < -0.4 is 15.3 Å². The number of carboxylic acids is 3. The number of hydrogen-bond donors (Lipinski definition) is 0. The molecule has 0 fully saturated rings. The van der Waals surface area contributed by atoms with Gasteiger partial charge in [-0.05, 0) is 20.8 Å². The van der Waals surface area contributed by atoms with E-state index in [-0.39, 0.29) is 49.4 Å². The SMILES string of the molecule is CC(=O)CC(=O)C(=O)[O-].CC(=O)CC(=O)C(=O)[O-].CC(=O)CC(=O)C(=O)[O-].[Eu+3]. The number of aliphatic carboxylic acids is 3. The molecule has 0 aromatic rings. The van der Waals surface area contributed by atoms with Gasteiger partial charge >= 0.3 is 49.4 Å². The van der Waals surface area contributed by atoms with Crippen LogP contribution in [0.25, 0.3) is 0 Å². The van der Waals surface area contributed by atoms with Gasteiger partial charge in [-0.3, -0.25) is 28.8 Å². The maximum Gasteiger partial charge on any atom is 3.00 e. The molecule has 0 atom stereocenters. The Morgan fingerprint density at radius 1 is 0.464 bits per heavy atom. The van der Waals surface area contributed by atoms with Gasteiger partial charge < -0.3 is 29.7 Å². The zero-order valence-electron chi connectivity index (χ0n) is 14.9. The molecule has 0 unspecified atom stereocenters. The van der Waals surface area contributed by atoms with Crippen LogP contribution in [0.1, 0.15) is 40.0 Å². The average Bonchev–Trinajstić information content (AvgIpc) is 2.46. The Hall–Kier alpha value is -1.99. The van der Waals surface area contributed by atoms with Gasteiger partial charge in [0.25, 0.3) is 0 Å². The molecule has 0 aliphatic rings. The van der Waals surface area contributed by atoms with E-state index in [0.717, 1.165) is 20.8 Å². The van der Waals surface area contributed by atoms with E-state index in [0.29, 0.717) is 0 Å². The van der Waals surface area contributed by atoms with Crippen molar-refractivity contribution in [3.63, 3.8) is 0 Å². The van der Waals surface area contributed by atoms with Gasteiger partial charge in [0.2, 0.25) is 0 Å². The Bertz CT molecular complexity index is 572. The van der Waals surface area contributed by atoms with Crippen molar-refractivity contribution in [2.45, 2.75) is 40.0 Å². The van der Waals surface area contributed by atoms with Gasteiger partial charge in [-0.2, -0.15) is 0 Å². The number of carboxylic acid groups (broad SMARTS) is 3. The second-order valence-corrected chi connectivity index (χ2v) is 4.77. The summed E-state index contributed by atoms with van der Waals surface area (Å²) in [6, 6.07) is 0. The molecule has 0 rings (SSSR count). The van der Waals surface area contributed by atoms with E-state index in [1.807, 2.05) is 0 Å². The first-order valence-corrected chi connectivity index (χ1v) is 6.82. The molecule has 0 aliphatic carbocycles. The Morgan fingerprint density at radius 2 is 0.607 bits per heavy atom. The topological polar surface area (TPSA) is 223 Å². The van der Waals surface area contributed by atoms with Crippen molar-refractivity contribution in [3.8, 4) is 0 Å². The average molecular weight is 539 g/mol.